The molecule has 0 aliphatic carbocycles. The Morgan fingerprint density at radius 2 is 1.79 bits per heavy atom. The SMILES string of the molecule is CC(=O)NNc1ccnc2c(OCNC(=O)c3c(Cl)cccc3Cl)cccc12. The second kappa shape index (κ2) is 8.77. The highest BCUT2D eigenvalue weighted by molar-refractivity contribution is 6.39. The minimum Gasteiger partial charge on any atom is -0.471 e. The van der Waals surface area contributed by atoms with E-state index in [0.29, 0.717) is 17.0 Å². The number of hydrogen-bond donors (Lipinski definition) is 3. The lowest BCUT2D eigenvalue weighted by atomic mass is 10.2. The molecular weight excluding hydrogens is 403 g/mol. The highest BCUT2D eigenvalue weighted by Gasteiger charge is 2.14. The Morgan fingerprint density at radius 3 is 2.50 bits per heavy atom. The molecule has 0 atom stereocenters. The first kappa shape index (κ1) is 19.7. The van der Waals surface area contributed by atoms with Gasteiger partial charge in [0.1, 0.15) is 11.3 Å². The molecule has 0 bridgehead atoms. The van der Waals surface area contributed by atoms with Crippen molar-refractivity contribution in [3.63, 3.8) is 0 Å². The lowest BCUT2D eigenvalue weighted by molar-refractivity contribution is -0.118. The molecule has 2 amide bonds. The van der Waals surface area contributed by atoms with Crippen molar-refractivity contribution in [2.24, 2.45) is 0 Å². The van der Waals surface area contributed by atoms with Crippen LogP contribution in [0.25, 0.3) is 10.9 Å². The molecule has 3 aromatic rings. The molecule has 28 heavy (non-hydrogen) atoms. The van der Waals surface area contributed by atoms with Crippen molar-refractivity contribution in [2.75, 3.05) is 12.2 Å². The van der Waals surface area contributed by atoms with Crippen LogP contribution in [0.2, 0.25) is 10.0 Å². The molecular formula is C19H16Cl2N4O3. The summed E-state index contributed by atoms with van der Waals surface area (Å²) >= 11 is 12.1. The molecule has 3 N–H and O–H groups in total. The number of fused-ring (bicyclic) bond motifs is 1. The largest absolute Gasteiger partial charge is 0.471 e. The van der Waals surface area contributed by atoms with Crippen LogP contribution in [0.4, 0.5) is 5.69 Å². The maximum atomic E-state index is 12.3. The van der Waals surface area contributed by atoms with Crippen LogP contribution in [0, 0.1) is 0 Å². The van der Waals surface area contributed by atoms with Crippen molar-refractivity contribution in [1.29, 1.82) is 0 Å². The maximum absolute atomic E-state index is 12.3. The molecule has 1 aromatic heterocycles. The Bertz CT molecular complexity index is 1020. The topological polar surface area (TPSA) is 92.3 Å². The van der Waals surface area contributed by atoms with E-state index >= 15 is 0 Å². The Kier molecular flexibility index (Phi) is 6.18. The number of ether oxygens (including phenoxy) is 1. The van der Waals surface area contributed by atoms with Gasteiger partial charge in [0.15, 0.2) is 6.73 Å². The summed E-state index contributed by atoms with van der Waals surface area (Å²) in [6.07, 6.45) is 1.58. The van der Waals surface area contributed by atoms with Crippen LogP contribution in [-0.2, 0) is 4.79 Å². The van der Waals surface area contributed by atoms with Crippen molar-refractivity contribution < 1.29 is 14.3 Å². The van der Waals surface area contributed by atoms with Crippen molar-refractivity contribution >= 4 is 51.6 Å². The van der Waals surface area contributed by atoms with Gasteiger partial charge in [-0.25, -0.2) is 0 Å². The number of carbonyl (C=O) groups is 2. The molecule has 9 heteroatoms. The number of anilines is 1. The molecule has 0 saturated carbocycles. The van der Waals surface area contributed by atoms with Gasteiger partial charge in [-0.1, -0.05) is 41.4 Å². The number of benzene rings is 2. The number of pyridine rings is 1. The molecule has 0 aliphatic rings. The Morgan fingerprint density at radius 1 is 1.07 bits per heavy atom. The molecule has 1 heterocycles. The second-order valence-corrected chi connectivity index (χ2v) is 6.52. The molecule has 144 valence electrons. The van der Waals surface area contributed by atoms with Crippen molar-refractivity contribution in [3.05, 3.63) is 64.3 Å². The van der Waals surface area contributed by atoms with Crippen LogP contribution >= 0.6 is 23.2 Å². The van der Waals surface area contributed by atoms with Gasteiger partial charge in [-0.05, 0) is 24.3 Å². The number of halogens is 2. The van der Waals surface area contributed by atoms with Gasteiger partial charge in [-0.2, -0.15) is 0 Å². The summed E-state index contributed by atoms with van der Waals surface area (Å²) in [6, 6.07) is 11.9. The van der Waals surface area contributed by atoms with Gasteiger partial charge in [-0.3, -0.25) is 25.4 Å². The fourth-order valence-corrected chi connectivity index (χ4v) is 3.08. The number of carbonyl (C=O) groups excluding carboxylic acids is 2. The second-order valence-electron chi connectivity index (χ2n) is 5.71. The zero-order valence-corrected chi connectivity index (χ0v) is 16.3. The number of nitrogens with one attached hydrogen (secondary N) is 3. The number of hydrogen-bond acceptors (Lipinski definition) is 5. The van der Waals surface area contributed by atoms with Crippen molar-refractivity contribution in [3.8, 4) is 5.75 Å². The predicted octanol–water partition coefficient (Wildman–Crippen LogP) is 3.77. The van der Waals surface area contributed by atoms with E-state index in [-0.39, 0.29) is 28.2 Å². The summed E-state index contributed by atoms with van der Waals surface area (Å²) in [5.74, 6) is -0.204. The number of amides is 2. The van der Waals surface area contributed by atoms with Crippen LogP contribution < -0.4 is 20.9 Å². The summed E-state index contributed by atoms with van der Waals surface area (Å²) in [6.45, 7) is 1.30. The number of aromatic nitrogens is 1. The lowest BCUT2D eigenvalue weighted by Gasteiger charge is -2.13. The third kappa shape index (κ3) is 4.44. The Balaban J connectivity index is 1.73. The molecule has 0 radical (unpaired) electrons. The van der Waals surface area contributed by atoms with Gasteiger partial charge >= 0.3 is 0 Å². The summed E-state index contributed by atoms with van der Waals surface area (Å²) < 4.78 is 5.68. The maximum Gasteiger partial charge on any atom is 0.256 e. The fraction of sp³-hybridized carbons (Fsp3) is 0.105. The summed E-state index contributed by atoms with van der Waals surface area (Å²) in [5, 5.41) is 3.87. The molecule has 0 saturated heterocycles. The zero-order valence-electron chi connectivity index (χ0n) is 14.8. The van der Waals surface area contributed by atoms with E-state index in [1.807, 2.05) is 6.07 Å². The zero-order chi connectivity index (χ0) is 20.1. The van der Waals surface area contributed by atoms with E-state index < -0.39 is 5.91 Å². The Labute approximate surface area is 171 Å². The molecule has 2 aromatic carbocycles. The highest BCUT2D eigenvalue weighted by atomic mass is 35.5. The average molecular weight is 419 g/mol. The summed E-state index contributed by atoms with van der Waals surface area (Å²) in [5.41, 5.74) is 6.77. The van der Waals surface area contributed by atoms with Crippen LogP contribution in [0.15, 0.2) is 48.7 Å². The molecule has 0 unspecified atom stereocenters. The minimum atomic E-state index is -0.447. The van der Waals surface area contributed by atoms with E-state index in [4.69, 9.17) is 27.9 Å². The standard InChI is InChI=1S/C19H16Cl2N4O3/c1-11(26)24-25-15-8-9-22-18-12(15)4-2-7-16(18)28-10-23-19(27)17-13(20)5-3-6-14(17)21/h2-9H,10H2,1H3,(H,22,25)(H,23,27)(H,24,26). The first-order valence-corrected chi connectivity index (χ1v) is 8.98. The van der Waals surface area contributed by atoms with E-state index in [2.05, 4.69) is 21.2 Å². The van der Waals surface area contributed by atoms with Gasteiger partial charge < -0.3 is 10.1 Å². The number of nitrogens with zero attached hydrogens (tertiary/aromatic N) is 1. The van der Waals surface area contributed by atoms with Crippen molar-refractivity contribution in [1.82, 2.24) is 15.7 Å². The fourth-order valence-electron chi connectivity index (χ4n) is 2.51. The lowest BCUT2D eigenvalue weighted by Crippen LogP contribution is -2.28. The minimum absolute atomic E-state index is 0.107. The van der Waals surface area contributed by atoms with Crippen LogP contribution in [-0.4, -0.2) is 23.5 Å². The van der Waals surface area contributed by atoms with Gasteiger partial charge in [0, 0.05) is 18.5 Å². The Hall–Kier alpha value is -3.03. The number of rotatable bonds is 6. The van der Waals surface area contributed by atoms with Gasteiger partial charge in [0.2, 0.25) is 5.91 Å². The van der Waals surface area contributed by atoms with Gasteiger partial charge in [0.05, 0.1) is 21.3 Å². The number of para-hydroxylation sites is 1. The quantitative estimate of drug-likeness (QED) is 0.418. The molecule has 0 fully saturated rings. The molecule has 0 spiro atoms. The molecule has 7 nitrogen and oxygen atoms in total. The van der Waals surface area contributed by atoms with Crippen molar-refractivity contribution in [2.45, 2.75) is 6.92 Å². The monoisotopic (exact) mass is 418 g/mol. The highest BCUT2D eigenvalue weighted by Crippen LogP contribution is 2.28. The van der Waals surface area contributed by atoms with Crippen LogP contribution in [0.1, 0.15) is 17.3 Å². The first-order chi connectivity index (χ1) is 13.5. The normalized spacial score (nSPS) is 10.4. The van der Waals surface area contributed by atoms with Gasteiger partial charge in [0.25, 0.3) is 5.91 Å². The third-order valence-corrected chi connectivity index (χ3v) is 4.39. The van der Waals surface area contributed by atoms with E-state index in [1.165, 1.54) is 6.92 Å². The summed E-state index contributed by atoms with van der Waals surface area (Å²) in [7, 11) is 0. The molecule has 0 aliphatic heterocycles. The van der Waals surface area contributed by atoms with E-state index in [9.17, 15) is 9.59 Å². The van der Waals surface area contributed by atoms with Gasteiger partial charge in [-0.15, -0.1) is 0 Å². The predicted molar refractivity (Wildman–Crippen MR) is 109 cm³/mol. The molecule has 3 rings (SSSR count). The van der Waals surface area contributed by atoms with E-state index in [0.717, 1.165) is 5.39 Å². The first-order valence-electron chi connectivity index (χ1n) is 8.22. The van der Waals surface area contributed by atoms with Crippen LogP contribution in [0.5, 0.6) is 5.75 Å². The summed E-state index contributed by atoms with van der Waals surface area (Å²) in [4.78, 5) is 27.8. The average Bonchev–Trinajstić information content (AvgIpc) is 2.66. The van der Waals surface area contributed by atoms with Crippen LogP contribution in [0.3, 0.4) is 0 Å². The third-order valence-electron chi connectivity index (χ3n) is 3.76. The van der Waals surface area contributed by atoms with E-state index in [1.54, 1.807) is 42.6 Å². The smallest absolute Gasteiger partial charge is 0.256 e. The number of hydrazine groups is 1.